The summed E-state index contributed by atoms with van der Waals surface area (Å²) in [4.78, 5) is 17.6. The first-order valence-corrected chi connectivity index (χ1v) is 9.74. The van der Waals surface area contributed by atoms with Crippen molar-refractivity contribution >= 4 is 28.9 Å². The molecule has 2 heterocycles. The number of nitrogens with two attached hydrogens (primary N) is 1. The zero-order valence-electron chi connectivity index (χ0n) is 16.0. The van der Waals surface area contributed by atoms with Crippen molar-refractivity contribution in [3.05, 3.63) is 12.4 Å². The number of rotatable bonds is 8. The maximum absolute atomic E-state index is 8.96. The van der Waals surface area contributed by atoms with Crippen molar-refractivity contribution in [2.45, 2.75) is 57.5 Å². The van der Waals surface area contributed by atoms with Gasteiger partial charge >= 0.3 is 0 Å². The summed E-state index contributed by atoms with van der Waals surface area (Å²) < 4.78 is 1.97. The van der Waals surface area contributed by atoms with Crippen LogP contribution in [0.4, 0.5) is 5.95 Å². The van der Waals surface area contributed by atoms with Gasteiger partial charge in [0.05, 0.1) is 17.3 Å². The van der Waals surface area contributed by atoms with Crippen LogP contribution in [0.3, 0.4) is 0 Å². The number of hydrogen-bond donors (Lipinski definition) is 2. The van der Waals surface area contributed by atoms with Crippen molar-refractivity contribution in [2.75, 3.05) is 13.7 Å². The molecule has 1 aliphatic carbocycles. The van der Waals surface area contributed by atoms with Crippen LogP contribution >= 0.6 is 0 Å². The van der Waals surface area contributed by atoms with Crippen molar-refractivity contribution in [3.8, 4) is 0 Å². The van der Waals surface area contributed by atoms with Crippen LogP contribution in [0.1, 0.15) is 44.9 Å². The van der Waals surface area contributed by atoms with Gasteiger partial charge in [-0.2, -0.15) is 10.1 Å². The standard InChI is InChI=1S/C19H29N7O/c1-21-12-17(4-2-3-9-27)24-19-22-10-15-11-23-26(18(15)25-19)13-14-5-7-16(20)8-6-14/h10-12,14,16,27H,2-9,13,20H2,1H3. The first-order chi connectivity index (χ1) is 13.2. The lowest BCUT2D eigenvalue weighted by atomic mass is 9.86. The number of aliphatic hydroxyl groups is 1. The van der Waals surface area contributed by atoms with E-state index < -0.39 is 0 Å². The molecule has 0 aliphatic heterocycles. The van der Waals surface area contributed by atoms with E-state index >= 15 is 0 Å². The van der Waals surface area contributed by atoms with Crippen LogP contribution in [0.15, 0.2) is 22.4 Å². The Morgan fingerprint density at radius 3 is 2.85 bits per heavy atom. The van der Waals surface area contributed by atoms with Crippen molar-refractivity contribution in [1.82, 2.24) is 19.7 Å². The number of unbranched alkanes of at least 4 members (excludes halogenated alkanes) is 1. The predicted octanol–water partition coefficient (Wildman–Crippen LogP) is 2.28. The molecular formula is C19H29N7O. The lowest BCUT2D eigenvalue weighted by Crippen LogP contribution is -2.28. The summed E-state index contributed by atoms with van der Waals surface area (Å²) in [6.07, 6.45) is 12.1. The van der Waals surface area contributed by atoms with Crippen LogP contribution in [0, 0.1) is 5.92 Å². The summed E-state index contributed by atoms with van der Waals surface area (Å²) in [6.45, 7) is 1.04. The molecule has 2 aromatic heterocycles. The predicted molar refractivity (Wildman–Crippen MR) is 108 cm³/mol. The van der Waals surface area contributed by atoms with E-state index in [1.54, 1.807) is 19.5 Å². The maximum Gasteiger partial charge on any atom is 0.251 e. The molecule has 3 rings (SSSR count). The molecule has 0 bridgehead atoms. The number of hydrogen-bond acceptors (Lipinski definition) is 7. The van der Waals surface area contributed by atoms with Gasteiger partial charge in [0.1, 0.15) is 0 Å². The molecule has 8 heteroatoms. The summed E-state index contributed by atoms with van der Waals surface area (Å²) in [5.41, 5.74) is 7.65. The number of aliphatic imine (C=N–C) groups is 2. The molecule has 0 radical (unpaired) electrons. The van der Waals surface area contributed by atoms with Crippen molar-refractivity contribution in [1.29, 1.82) is 0 Å². The smallest absolute Gasteiger partial charge is 0.251 e. The summed E-state index contributed by atoms with van der Waals surface area (Å²) in [5.74, 6) is 1.02. The topological polar surface area (TPSA) is 115 Å². The Morgan fingerprint density at radius 2 is 2.11 bits per heavy atom. The van der Waals surface area contributed by atoms with Gasteiger partial charge in [0.2, 0.25) is 0 Å². The lowest BCUT2D eigenvalue weighted by molar-refractivity contribution is 0.285. The Bertz CT molecular complexity index is 790. The van der Waals surface area contributed by atoms with Gasteiger partial charge in [-0.25, -0.2) is 14.7 Å². The van der Waals surface area contributed by atoms with Crippen LogP contribution in [0.2, 0.25) is 0 Å². The molecule has 8 nitrogen and oxygen atoms in total. The Kier molecular flexibility index (Phi) is 7.00. The highest BCUT2D eigenvalue weighted by atomic mass is 16.2. The monoisotopic (exact) mass is 371 g/mol. The zero-order valence-corrected chi connectivity index (χ0v) is 16.0. The van der Waals surface area contributed by atoms with Crippen LogP contribution < -0.4 is 5.73 Å². The Labute approximate surface area is 159 Å². The quantitative estimate of drug-likeness (QED) is 0.546. The van der Waals surface area contributed by atoms with Gasteiger partial charge in [-0.3, -0.25) is 4.99 Å². The second-order valence-corrected chi connectivity index (χ2v) is 7.23. The Balaban J connectivity index is 1.77. The van der Waals surface area contributed by atoms with Crippen LogP contribution in [0.25, 0.3) is 11.0 Å². The van der Waals surface area contributed by atoms with Crippen LogP contribution in [0.5, 0.6) is 0 Å². The highest BCUT2D eigenvalue weighted by Crippen LogP contribution is 2.25. The molecule has 0 amide bonds. The fourth-order valence-electron chi connectivity index (χ4n) is 3.51. The van der Waals surface area contributed by atoms with Crippen LogP contribution in [-0.2, 0) is 6.54 Å². The third-order valence-electron chi connectivity index (χ3n) is 5.05. The molecule has 2 aromatic rings. The largest absolute Gasteiger partial charge is 0.396 e. The first-order valence-electron chi connectivity index (χ1n) is 9.74. The van der Waals surface area contributed by atoms with Gasteiger partial charge in [-0.05, 0) is 50.9 Å². The third kappa shape index (κ3) is 5.40. The summed E-state index contributed by atoms with van der Waals surface area (Å²) in [7, 11) is 1.72. The highest BCUT2D eigenvalue weighted by Gasteiger charge is 2.20. The second-order valence-electron chi connectivity index (χ2n) is 7.23. The van der Waals surface area contributed by atoms with Gasteiger partial charge < -0.3 is 10.8 Å². The van der Waals surface area contributed by atoms with Gasteiger partial charge in [0, 0.05) is 38.7 Å². The number of aliphatic hydroxyl groups excluding tert-OH is 1. The molecule has 1 saturated carbocycles. The van der Waals surface area contributed by atoms with Gasteiger partial charge in [-0.15, -0.1) is 0 Å². The van der Waals surface area contributed by atoms with Gasteiger partial charge in [0.15, 0.2) is 5.65 Å². The van der Waals surface area contributed by atoms with Gasteiger partial charge in [0.25, 0.3) is 5.95 Å². The molecule has 1 aliphatic rings. The molecule has 3 N–H and O–H groups in total. The molecule has 0 saturated heterocycles. The molecule has 0 atom stereocenters. The highest BCUT2D eigenvalue weighted by molar-refractivity contribution is 6.31. The minimum Gasteiger partial charge on any atom is -0.396 e. The van der Waals surface area contributed by atoms with E-state index in [9.17, 15) is 0 Å². The van der Waals surface area contributed by atoms with E-state index in [2.05, 4.69) is 25.1 Å². The third-order valence-corrected chi connectivity index (χ3v) is 5.05. The molecule has 0 unspecified atom stereocenters. The summed E-state index contributed by atoms with van der Waals surface area (Å²) in [6, 6.07) is 0.350. The minimum absolute atomic E-state index is 0.185. The normalized spacial score (nSPS) is 21.4. The summed E-state index contributed by atoms with van der Waals surface area (Å²) >= 11 is 0. The number of aromatic nitrogens is 4. The molecule has 1 fully saturated rings. The Hall–Kier alpha value is -2.19. The fourth-order valence-corrected chi connectivity index (χ4v) is 3.51. The average molecular weight is 371 g/mol. The molecule has 0 spiro atoms. The van der Waals surface area contributed by atoms with Crippen LogP contribution in [-0.4, -0.2) is 56.5 Å². The zero-order chi connectivity index (χ0) is 19.1. The van der Waals surface area contributed by atoms with Crippen molar-refractivity contribution < 1.29 is 5.11 Å². The molecule has 0 aromatic carbocycles. The molecular weight excluding hydrogens is 342 g/mol. The van der Waals surface area contributed by atoms with E-state index in [1.807, 2.05) is 10.9 Å². The number of nitrogens with zero attached hydrogens (tertiary/aromatic N) is 6. The van der Waals surface area contributed by atoms with Crippen molar-refractivity contribution in [2.24, 2.45) is 21.6 Å². The average Bonchev–Trinajstić information content (AvgIpc) is 3.06. The fraction of sp³-hybridized carbons (Fsp3) is 0.632. The second kappa shape index (κ2) is 9.66. The molecule has 146 valence electrons. The van der Waals surface area contributed by atoms with E-state index in [1.165, 1.54) is 0 Å². The Morgan fingerprint density at radius 1 is 1.30 bits per heavy atom. The SMILES string of the molecule is CN=CC(CCCCO)=Nc1ncc2cnn(CC3CCC(N)CC3)c2n1. The number of fused-ring (bicyclic) bond motifs is 1. The first kappa shape index (κ1) is 19.6. The lowest BCUT2D eigenvalue weighted by Gasteiger charge is -2.25. The van der Waals surface area contributed by atoms with E-state index in [-0.39, 0.29) is 6.61 Å². The summed E-state index contributed by atoms with van der Waals surface area (Å²) in [5, 5.41) is 14.4. The minimum atomic E-state index is 0.185. The van der Waals surface area contributed by atoms with E-state index in [0.717, 1.165) is 68.2 Å². The molecule has 27 heavy (non-hydrogen) atoms. The van der Waals surface area contributed by atoms with Gasteiger partial charge in [-0.1, -0.05) is 0 Å². The van der Waals surface area contributed by atoms with E-state index in [4.69, 9.17) is 10.8 Å². The van der Waals surface area contributed by atoms with Crippen molar-refractivity contribution in [3.63, 3.8) is 0 Å². The maximum atomic E-state index is 8.96. The van der Waals surface area contributed by atoms with E-state index in [0.29, 0.717) is 17.9 Å².